The van der Waals surface area contributed by atoms with Gasteiger partial charge in [0.2, 0.25) is 5.79 Å². The summed E-state index contributed by atoms with van der Waals surface area (Å²) in [5, 5.41) is 0. The zero-order valence-electron chi connectivity index (χ0n) is 11.0. The van der Waals surface area contributed by atoms with Crippen molar-refractivity contribution in [3.05, 3.63) is 23.8 Å². The molecule has 2 nitrogen and oxygen atoms in total. The minimum atomic E-state index is -0.506. The van der Waals surface area contributed by atoms with Crippen molar-refractivity contribution >= 4 is 0 Å². The normalized spacial score (nSPS) is 15.3. The van der Waals surface area contributed by atoms with Crippen LogP contribution in [0.1, 0.15) is 46.6 Å². The van der Waals surface area contributed by atoms with Crippen LogP contribution in [0.4, 0.5) is 0 Å². The maximum absolute atomic E-state index is 5.69. The van der Waals surface area contributed by atoms with Crippen molar-refractivity contribution in [2.24, 2.45) is 0 Å². The highest BCUT2D eigenvalue weighted by molar-refractivity contribution is 5.49. The third-order valence-corrected chi connectivity index (χ3v) is 2.14. The zero-order chi connectivity index (χ0) is 12.2. The van der Waals surface area contributed by atoms with E-state index < -0.39 is 5.79 Å². The number of rotatable bonds is 1. The van der Waals surface area contributed by atoms with Crippen LogP contribution < -0.4 is 9.47 Å². The highest BCUT2D eigenvalue weighted by Gasteiger charge is 2.32. The Morgan fingerprint density at radius 2 is 1.69 bits per heavy atom. The molecule has 0 amide bonds. The van der Waals surface area contributed by atoms with Gasteiger partial charge in [0.1, 0.15) is 0 Å². The van der Waals surface area contributed by atoms with Crippen LogP contribution in [0.25, 0.3) is 0 Å². The highest BCUT2D eigenvalue weighted by Crippen LogP contribution is 2.41. The first kappa shape index (κ1) is 12.9. The standard InChI is InChI=1S/C11H14O2.C3H8/c1-4-8-6-5-7-9-10(8)13-11(2,3)12-9;1-3-2/h5-7H,4H2,1-3H3;3H2,1-2H3. The van der Waals surface area contributed by atoms with Gasteiger partial charge in [-0.25, -0.2) is 0 Å². The summed E-state index contributed by atoms with van der Waals surface area (Å²) in [6, 6.07) is 6.02. The predicted molar refractivity (Wildman–Crippen MR) is 67.1 cm³/mol. The number of fused-ring (bicyclic) bond motifs is 1. The molecule has 0 atom stereocenters. The predicted octanol–water partition coefficient (Wildman–Crippen LogP) is 4.17. The van der Waals surface area contributed by atoms with Gasteiger partial charge in [0, 0.05) is 13.8 Å². The molecule has 0 saturated heterocycles. The lowest BCUT2D eigenvalue weighted by Crippen LogP contribution is -2.29. The molecule has 2 rings (SSSR count). The first-order chi connectivity index (χ1) is 7.54. The quantitative estimate of drug-likeness (QED) is 0.710. The third-order valence-electron chi connectivity index (χ3n) is 2.14. The van der Waals surface area contributed by atoms with Crippen LogP contribution >= 0.6 is 0 Å². The Kier molecular flexibility index (Phi) is 4.22. The molecule has 1 aliphatic rings. The first-order valence-electron chi connectivity index (χ1n) is 6.04. The van der Waals surface area contributed by atoms with Crippen molar-refractivity contribution in [2.75, 3.05) is 0 Å². The van der Waals surface area contributed by atoms with Gasteiger partial charge in [-0.05, 0) is 18.1 Å². The first-order valence-corrected chi connectivity index (χ1v) is 6.04. The summed E-state index contributed by atoms with van der Waals surface area (Å²) in [7, 11) is 0. The molecular weight excluding hydrogens is 200 g/mol. The van der Waals surface area contributed by atoms with E-state index in [4.69, 9.17) is 9.47 Å². The van der Waals surface area contributed by atoms with Crippen LogP contribution in [0.5, 0.6) is 11.5 Å². The van der Waals surface area contributed by atoms with Crippen molar-refractivity contribution in [1.82, 2.24) is 0 Å². The molecule has 16 heavy (non-hydrogen) atoms. The number of benzene rings is 1. The van der Waals surface area contributed by atoms with Gasteiger partial charge in [0.05, 0.1) is 0 Å². The second-order valence-corrected chi connectivity index (χ2v) is 4.41. The van der Waals surface area contributed by atoms with E-state index in [0.29, 0.717) is 0 Å². The summed E-state index contributed by atoms with van der Waals surface area (Å²) in [6.07, 6.45) is 2.22. The van der Waals surface area contributed by atoms with Gasteiger partial charge in [-0.15, -0.1) is 0 Å². The average molecular weight is 222 g/mol. The number of hydrogen-bond acceptors (Lipinski definition) is 2. The summed E-state index contributed by atoms with van der Waals surface area (Å²) in [6.45, 7) is 10.2. The molecule has 1 aliphatic heterocycles. The van der Waals surface area contributed by atoms with Gasteiger partial charge in [0.25, 0.3) is 0 Å². The molecule has 0 N–H and O–H groups in total. The maximum Gasteiger partial charge on any atom is 0.246 e. The molecule has 0 spiro atoms. The monoisotopic (exact) mass is 222 g/mol. The van der Waals surface area contributed by atoms with Crippen molar-refractivity contribution in [2.45, 2.75) is 53.2 Å². The van der Waals surface area contributed by atoms with E-state index in [2.05, 4.69) is 26.8 Å². The molecule has 0 fully saturated rings. The van der Waals surface area contributed by atoms with Gasteiger partial charge >= 0.3 is 0 Å². The molecular formula is C14H22O2. The second kappa shape index (κ2) is 5.24. The van der Waals surface area contributed by atoms with E-state index in [1.165, 1.54) is 12.0 Å². The lowest BCUT2D eigenvalue weighted by atomic mass is 10.1. The molecule has 0 aliphatic carbocycles. The minimum Gasteiger partial charge on any atom is -0.449 e. The van der Waals surface area contributed by atoms with Crippen LogP contribution in [0.15, 0.2) is 18.2 Å². The second-order valence-electron chi connectivity index (χ2n) is 4.41. The molecule has 1 aromatic rings. The van der Waals surface area contributed by atoms with E-state index in [1.54, 1.807) is 0 Å². The molecule has 1 aromatic carbocycles. The minimum absolute atomic E-state index is 0.506. The number of hydrogen-bond donors (Lipinski definition) is 0. The van der Waals surface area contributed by atoms with E-state index in [-0.39, 0.29) is 0 Å². The smallest absolute Gasteiger partial charge is 0.246 e. The highest BCUT2D eigenvalue weighted by atomic mass is 16.7. The van der Waals surface area contributed by atoms with E-state index in [9.17, 15) is 0 Å². The lowest BCUT2D eigenvalue weighted by molar-refractivity contribution is -0.0434. The fourth-order valence-electron chi connectivity index (χ4n) is 1.57. The Bertz CT molecular complexity index is 343. The molecule has 90 valence electrons. The topological polar surface area (TPSA) is 18.5 Å². The van der Waals surface area contributed by atoms with Gasteiger partial charge in [0.15, 0.2) is 11.5 Å². The molecule has 0 aromatic heterocycles. The van der Waals surface area contributed by atoms with Gasteiger partial charge < -0.3 is 9.47 Å². The molecule has 0 radical (unpaired) electrons. The molecule has 0 saturated carbocycles. The summed E-state index contributed by atoms with van der Waals surface area (Å²) < 4.78 is 11.3. The average Bonchev–Trinajstić information content (AvgIpc) is 2.52. The Morgan fingerprint density at radius 3 is 2.25 bits per heavy atom. The van der Waals surface area contributed by atoms with Crippen LogP contribution in [-0.2, 0) is 6.42 Å². The van der Waals surface area contributed by atoms with Crippen LogP contribution in [0.3, 0.4) is 0 Å². The summed E-state index contributed by atoms with van der Waals surface area (Å²) in [5.41, 5.74) is 1.21. The molecule has 2 heteroatoms. The molecule has 0 unspecified atom stereocenters. The Labute approximate surface area is 98.6 Å². The number of ether oxygens (including phenoxy) is 2. The van der Waals surface area contributed by atoms with Crippen LogP contribution in [0.2, 0.25) is 0 Å². The van der Waals surface area contributed by atoms with Crippen LogP contribution in [0, 0.1) is 0 Å². The lowest BCUT2D eigenvalue weighted by Gasteiger charge is -2.16. The van der Waals surface area contributed by atoms with Crippen LogP contribution in [-0.4, -0.2) is 5.79 Å². The fraction of sp³-hybridized carbons (Fsp3) is 0.571. The zero-order valence-corrected chi connectivity index (χ0v) is 11.0. The molecule has 1 heterocycles. The van der Waals surface area contributed by atoms with Gasteiger partial charge in [-0.2, -0.15) is 0 Å². The van der Waals surface area contributed by atoms with E-state index in [0.717, 1.165) is 17.9 Å². The Hall–Kier alpha value is -1.18. The largest absolute Gasteiger partial charge is 0.449 e. The van der Waals surface area contributed by atoms with E-state index >= 15 is 0 Å². The molecule has 0 bridgehead atoms. The van der Waals surface area contributed by atoms with Crippen molar-refractivity contribution < 1.29 is 9.47 Å². The maximum atomic E-state index is 5.69. The fourth-order valence-corrected chi connectivity index (χ4v) is 1.57. The summed E-state index contributed by atoms with van der Waals surface area (Å²) in [4.78, 5) is 0. The number of aryl methyl sites for hydroxylation is 1. The summed E-state index contributed by atoms with van der Waals surface area (Å²) >= 11 is 0. The SMILES string of the molecule is CCC.CCc1cccc2c1OC(C)(C)O2. The third kappa shape index (κ3) is 2.91. The van der Waals surface area contributed by atoms with Gasteiger partial charge in [-0.3, -0.25) is 0 Å². The van der Waals surface area contributed by atoms with Crippen molar-refractivity contribution in [3.8, 4) is 11.5 Å². The number of para-hydroxylation sites is 1. The van der Waals surface area contributed by atoms with E-state index in [1.807, 2.05) is 26.0 Å². The van der Waals surface area contributed by atoms with Crippen molar-refractivity contribution in [3.63, 3.8) is 0 Å². The Balaban J connectivity index is 0.000000386. The summed E-state index contributed by atoms with van der Waals surface area (Å²) in [5.74, 6) is 1.27. The van der Waals surface area contributed by atoms with Crippen molar-refractivity contribution in [1.29, 1.82) is 0 Å². The Morgan fingerprint density at radius 1 is 1.06 bits per heavy atom. The van der Waals surface area contributed by atoms with Gasteiger partial charge in [-0.1, -0.05) is 39.3 Å².